The molecule has 6 heteroatoms. The van der Waals surface area contributed by atoms with Crippen LogP contribution in [0.5, 0.6) is 11.5 Å². The quantitative estimate of drug-likeness (QED) is 0.336. The molecule has 0 amide bonds. The second-order valence-electron chi connectivity index (χ2n) is 6.71. The lowest BCUT2D eigenvalue weighted by Crippen LogP contribution is -2.24. The fourth-order valence-electron chi connectivity index (χ4n) is 2.15. The van der Waals surface area contributed by atoms with Crippen molar-refractivity contribution in [2.75, 3.05) is 28.3 Å². The molecule has 0 unspecified atom stereocenters. The molecule has 1 aromatic carbocycles. The number of allylic oxidation sites excluding steroid dienone is 2. The summed E-state index contributed by atoms with van der Waals surface area (Å²) >= 11 is 0. The van der Waals surface area contributed by atoms with Crippen molar-refractivity contribution < 1.29 is 19.0 Å². The zero-order chi connectivity index (χ0) is 19.9. The third-order valence-electron chi connectivity index (χ3n) is 3.31. The molecule has 1 aromatic rings. The van der Waals surface area contributed by atoms with E-state index in [1.165, 1.54) is 6.08 Å². The summed E-state index contributed by atoms with van der Waals surface area (Å²) < 4.78 is 15.8. The van der Waals surface area contributed by atoms with E-state index in [0.717, 1.165) is 11.3 Å². The summed E-state index contributed by atoms with van der Waals surface area (Å²) in [6.45, 7) is 5.26. The molecule has 6 nitrogen and oxygen atoms in total. The second-order valence-corrected chi connectivity index (χ2v) is 6.71. The maximum atomic E-state index is 12.1. The van der Waals surface area contributed by atoms with Crippen LogP contribution >= 0.6 is 0 Å². The van der Waals surface area contributed by atoms with E-state index in [-0.39, 0.29) is 5.57 Å². The maximum absolute atomic E-state index is 12.1. The van der Waals surface area contributed by atoms with Crippen LogP contribution in [0.1, 0.15) is 26.3 Å². The lowest BCUT2D eigenvalue weighted by molar-refractivity contribution is -0.149. The van der Waals surface area contributed by atoms with Gasteiger partial charge in [-0.05, 0) is 51.1 Å². The van der Waals surface area contributed by atoms with Gasteiger partial charge in [-0.1, -0.05) is 0 Å². The minimum absolute atomic E-state index is 0.0697. The molecule has 0 spiro atoms. The number of nitriles is 1. The average Bonchev–Trinajstić information content (AvgIpc) is 2.56. The average molecular weight is 358 g/mol. The van der Waals surface area contributed by atoms with E-state index in [2.05, 4.69) is 0 Å². The molecule has 0 heterocycles. The molecule has 0 saturated carbocycles. The van der Waals surface area contributed by atoms with E-state index in [1.54, 1.807) is 47.1 Å². The normalized spacial score (nSPS) is 12.2. The first-order valence-electron chi connectivity index (χ1n) is 8.08. The summed E-state index contributed by atoms with van der Waals surface area (Å²) in [7, 11) is 6.88. The number of carbonyl (C=O) groups is 1. The number of rotatable bonds is 6. The van der Waals surface area contributed by atoms with Crippen LogP contribution in [0.3, 0.4) is 0 Å². The molecule has 1 rings (SSSR count). The Morgan fingerprint density at radius 1 is 1.12 bits per heavy atom. The van der Waals surface area contributed by atoms with Gasteiger partial charge in [-0.25, -0.2) is 4.79 Å². The van der Waals surface area contributed by atoms with Crippen LogP contribution in [0.25, 0.3) is 5.70 Å². The molecule has 0 aliphatic carbocycles. The van der Waals surface area contributed by atoms with Gasteiger partial charge in [0.2, 0.25) is 0 Å². The maximum Gasteiger partial charge on any atom is 0.349 e. The summed E-state index contributed by atoms with van der Waals surface area (Å²) in [4.78, 5) is 14.0. The minimum Gasteiger partial charge on any atom is -0.493 e. The molecule has 26 heavy (non-hydrogen) atoms. The van der Waals surface area contributed by atoms with Crippen molar-refractivity contribution in [1.29, 1.82) is 5.26 Å². The standard InChI is InChI=1S/C20H26N2O4/c1-20(2,3)26-19(23)15(13-21)8-10-16(22(4)5)14-9-11-17(24-6)18(12-14)25-7/h8-12H,1-7H3/b15-8+,16-10-. The molecule has 140 valence electrons. The first-order chi connectivity index (χ1) is 12.1. The predicted octanol–water partition coefficient (Wildman–Crippen LogP) is 3.40. The summed E-state index contributed by atoms with van der Waals surface area (Å²) in [6.07, 6.45) is 3.16. The van der Waals surface area contributed by atoms with Gasteiger partial charge in [0.15, 0.2) is 11.5 Å². The third-order valence-corrected chi connectivity index (χ3v) is 3.31. The SMILES string of the molecule is COc1ccc(/C(=C/C=C(\C#N)C(=O)OC(C)(C)C)N(C)C)cc1OC. The number of benzene rings is 1. The van der Waals surface area contributed by atoms with Gasteiger partial charge in [0.25, 0.3) is 0 Å². The van der Waals surface area contributed by atoms with Crippen molar-refractivity contribution in [2.45, 2.75) is 26.4 Å². The van der Waals surface area contributed by atoms with Crippen LogP contribution < -0.4 is 9.47 Å². The molecule has 0 radical (unpaired) electrons. The zero-order valence-corrected chi connectivity index (χ0v) is 16.4. The van der Waals surface area contributed by atoms with Gasteiger partial charge in [-0.15, -0.1) is 0 Å². The summed E-state index contributed by atoms with van der Waals surface area (Å²) in [5.41, 5.74) is 0.914. The van der Waals surface area contributed by atoms with Crippen molar-refractivity contribution in [3.8, 4) is 17.6 Å². The van der Waals surface area contributed by atoms with E-state index in [4.69, 9.17) is 14.2 Å². The van der Waals surface area contributed by atoms with Gasteiger partial charge in [-0.2, -0.15) is 5.26 Å². The van der Waals surface area contributed by atoms with E-state index < -0.39 is 11.6 Å². The second kappa shape index (κ2) is 8.95. The highest BCUT2D eigenvalue weighted by molar-refractivity contribution is 5.93. The molecule has 0 fully saturated rings. The fraction of sp³-hybridized carbons (Fsp3) is 0.400. The molecule has 0 aliphatic heterocycles. The summed E-state index contributed by atoms with van der Waals surface area (Å²) in [5.74, 6) is 0.562. The van der Waals surface area contributed by atoms with E-state index in [1.807, 2.05) is 37.2 Å². The third kappa shape index (κ3) is 5.85. The van der Waals surface area contributed by atoms with Crippen molar-refractivity contribution in [1.82, 2.24) is 4.90 Å². The predicted molar refractivity (Wildman–Crippen MR) is 101 cm³/mol. The Kier molecular flexibility index (Phi) is 7.27. The molecular weight excluding hydrogens is 332 g/mol. The zero-order valence-electron chi connectivity index (χ0n) is 16.4. The van der Waals surface area contributed by atoms with Crippen molar-refractivity contribution in [2.24, 2.45) is 0 Å². The molecule has 0 aromatic heterocycles. The number of esters is 1. The van der Waals surface area contributed by atoms with Crippen LogP contribution in [-0.2, 0) is 9.53 Å². The van der Waals surface area contributed by atoms with Crippen LogP contribution in [0.15, 0.2) is 35.9 Å². The number of hydrogen-bond acceptors (Lipinski definition) is 6. The molecule has 0 N–H and O–H groups in total. The van der Waals surface area contributed by atoms with Crippen LogP contribution in [0, 0.1) is 11.3 Å². The lowest BCUT2D eigenvalue weighted by atomic mass is 10.1. The Balaban J connectivity index is 3.28. The van der Waals surface area contributed by atoms with Gasteiger partial charge in [0.05, 0.1) is 14.2 Å². The van der Waals surface area contributed by atoms with E-state index >= 15 is 0 Å². The molecule has 0 saturated heterocycles. The smallest absolute Gasteiger partial charge is 0.349 e. The minimum atomic E-state index is -0.662. The monoisotopic (exact) mass is 358 g/mol. The Morgan fingerprint density at radius 3 is 2.19 bits per heavy atom. The topological polar surface area (TPSA) is 71.8 Å². The van der Waals surface area contributed by atoms with Crippen molar-refractivity contribution >= 4 is 11.7 Å². The first-order valence-corrected chi connectivity index (χ1v) is 8.08. The van der Waals surface area contributed by atoms with Crippen LogP contribution in [0.4, 0.5) is 0 Å². The van der Waals surface area contributed by atoms with Crippen molar-refractivity contribution in [3.05, 3.63) is 41.5 Å². The number of hydrogen-bond donors (Lipinski definition) is 0. The Hall–Kier alpha value is -2.94. The number of nitrogens with zero attached hydrogens (tertiary/aromatic N) is 2. The first kappa shape index (κ1) is 21.1. The molecule has 0 bridgehead atoms. The van der Waals surface area contributed by atoms with E-state index in [0.29, 0.717) is 11.5 Å². The highest BCUT2D eigenvalue weighted by atomic mass is 16.6. The largest absolute Gasteiger partial charge is 0.493 e. The summed E-state index contributed by atoms with van der Waals surface area (Å²) in [6, 6.07) is 7.40. The van der Waals surface area contributed by atoms with Crippen LogP contribution in [-0.4, -0.2) is 44.8 Å². The Labute approximate surface area is 155 Å². The molecular formula is C20H26N2O4. The van der Waals surface area contributed by atoms with Crippen LogP contribution in [0.2, 0.25) is 0 Å². The van der Waals surface area contributed by atoms with E-state index in [9.17, 15) is 10.1 Å². The fourth-order valence-corrected chi connectivity index (χ4v) is 2.15. The number of ether oxygens (including phenoxy) is 3. The summed E-state index contributed by atoms with van der Waals surface area (Å²) in [5, 5.41) is 9.27. The number of methoxy groups -OCH3 is 2. The van der Waals surface area contributed by atoms with Crippen molar-refractivity contribution in [3.63, 3.8) is 0 Å². The highest BCUT2D eigenvalue weighted by Crippen LogP contribution is 2.31. The Morgan fingerprint density at radius 2 is 1.73 bits per heavy atom. The van der Waals surface area contributed by atoms with Gasteiger partial charge < -0.3 is 19.1 Å². The lowest BCUT2D eigenvalue weighted by Gasteiger charge is -2.19. The highest BCUT2D eigenvalue weighted by Gasteiger charge is 2.19. The molecule has 0 atom stereocenters. The Bertz CT molecular complexity index is 750. The number of carbonyl (C=O) groups excluding carboxylic acids is 1. The molecule has 0 aliphatic rings. The van der Waals surface area contributed by atoms with Gasteiger partial charge in [-0.3, -0.25) is 0 Å². The van der Waals surface area contributed by atoms with Gasteiger partial charge >= 0.3 is 5.97 Å². The van der Waals surface area contributed by atoms with Gasteiger partial charge in [0, 0.05) is 25.4 Å². The van der Waals surface area contributed by atoms with Gasteiger partial charge in [0.1, 0.15) is 17.2 Å².